The van der Waals surface area contributed by atoms with Gasteiger partial charge < -0.3 is 15.8 Å². The Balaban J connectivity index is 2.38. The van der Waals surface area contributed by atoms with E-state index in [9.17, 15) is 4.79 Å². The molecule has 0 aromatic heterocycles. The van der Waals surface area contributed by atoms with Gasteiger partial charge in [-0.15, -0.1) is 0 Å². The zero-order chi connectivity index (χ0) is 10.4. The molecule has 0 aliphatic carbocycles. The number of nitrogens with two attached hydrogens (primary N) is 1. The summed E-state index contributed by atoms with van der Waals surface area (Å²) >= 11 is 0. The van der Waals surface area contributed by atoms with Gasteiger partial charge in [0.05, 0.1) is 6.61 Å². The molecule has 0 saturated heterocycles. The summed E-state index contributed by atoms with van der Waals surface area (Å²) in [5.41, 5.74) is 7.22. The molecule has 76 valence electrons. The molecule has 4 heteroatoms. The van der Waals surface area contributed by atoms with Crippen molar-refractivity contribution in [3.8, 4) is 0 Å². The highest BCUT2D eigenvalue weighted by molar-refractivity contribution is 5.67. The largest absolute Gasteiger partial charge is 0.450 e. The van der Waals surface area contributed by atoms with E-state index in [1.165, 1.54) is 0 Å². The van der Waals surface area contributed by atoms with Gasteiger partial charge in [0.2, 0.25) is 0 Å². The first kappa shape index (κ1) is 10.4. The number of hydrogen-bond acceptors (Lipinski definition) is 3. The minimum Gasteiger partial charge on any atom is -0.450 e. The highest BCUT2D eigenvalue weighted by atomic mass is 16.5. The average molecular weight is 194 g/mol. The lowest BCUT2D eigenvalue weighted by Crippen LogP contribution is -2.23. The van der Waals surface area contributed by atoms with Crippen molar-refractivity contribution in [2.24, 2.45) is 0 Å². The number of rotatable bonds is 3. The number of amides is 1. The van der Waals surface area contributed by atoms with Gasteiger partial charge in [-0.3, -0.25) is 0 Å². The molecule has 0 fully saturated rings. The Morgan fingerprint density at radius 1 is 1.43 bits per heavy atom. The first-order valence-corrected chi connectivity index (χ1v) is 4.47. The van der Waals surface area contributed by atoms with Crippen LogP contribution in [-0.4, -0.2) is 12.7 Å². The van der Waals surface area contributed by atoms with Crippen molar-refractivity contribution in [2.45, 2.75) is 13.5 Å². The van der Waals surface area contributed by atoms with Crippen LogP contribution in [0, 0.1) is 0 Å². The fourth-order valence-electron chi connectivity index (χ4n) is 0.992. The number of hydrogen-bond donors (Lipinski definition) is 2. The topological polar surface area (TPSA) is 64.3 Å². The summed E-state index contributed by atoms with van der Waals surface area (Å²) in [5.74, 6) is 0. The predicted octanol–water partition coefficient (Wildman–Crippen LogP) is 1.51. The minimum atomic E-state index is -0.399. The van der Waals surface area contributed by atoms with E-state index in [1.54, 1.807) is 19.1 Å². The molecule has 1 amide bonds. The molecule has 0 saturated carbocycles. The molecule has 1 rings (SSSR count). The summed E-state index contributed by atoms with van der Waals surface area (Å²) in [6.07, 6.45) is -0.399. The van der Waals surface area contributed by atoms with Crippen LogP contribution in [0.2, 0.25) is 0 Å². The molecular weight excluding hydrogens is 180 g/mol. The maximum absolute atomic E-state index is 10.9. The third kappa shape index (κ3) is 3.35. The van der Waals surface area contributed by atoms with Crippen LogP contribution in [-0.2, 0) is 11.3 Å². The summed E-state index contributed by atoms with van der Waals surface area (Å²) < 4.78 is 4.71. The second-order valence-corrected chi connectivity index (χ2v) is 2.82. The highest BCUT2D eigenvalue weighted by Crippen LogP contribution is 2.04. The molecule has 3 N–H and O–H groups in total. The van der Waals surface area contributed by atoms with Crippen molar-refractivity contribution < 1.29 is 9.53 Å². The Kier molecular flexibility index (Phi) is 3.79. The summed E-state index contributed by atoms with van der Waals surface area (Å²) in [5, 5.41) is 2.62. The van der Waals surface area contributed by atoms with Crippen molar-refractivity contribution in [3.63, 3.8) is 0 Å². The van der Waals surface area contributed by atoms with Gasteiger partial charge in [0.15, 0.2) is 0 Å². The molecule has 1 aromatic carbocycles. The van der Waals surface area contributed by atoms with Crippen LogP contribution in [0.5, 0.6) is 0 Å². The highest BCUT2D eigenvalue weighted by Gasteiger charge is 1.99. The Morgan fingerprint density at radius 2 is 2.07 bits per heavy atom. The molecule has 1 aromatic rings. The Labute approximate surface area is 83.1 Å². The van der Waals surface area contributed by atoms with Gasteiger partial charge >= 0.3 is 6.09 Å². The standard InChI is InChI=1S/C10H14N2O2/c1-2-14-10(13)12-7-8-3-5-9(11)6-4-8/h3-6H,2,7,11H2,1H3,(H,12,13). The molecule has 0 heterocycles. The van der Waals surface area contributed by atoms with Gasteiger partial charge in [0.1, 0.15) is 0 Å². The van der Waals surface area contributed by atoms with Crippen molar-refractivity contribution in [1.82, 2.24) is 5.32 Å². The Bertz CT molecular complexity index is 295. The van der Waals surface area contributed by atoms with E-state index in [1.807, 2.05) is 12.1 Å². The number of ether oxygens (including phenoxy) is 1. The summed E-state index contributed by atoms with van der Waals surface area (Å²) in [6, 6.07) is 7.31. The molecule has 0 aliphatic heterocycles. The number of nitrogen functional groups attached to an aromatic ring is 1. The van der Waals surface area contributed by atoms with Crippen molar-refractivity contribution in [3.05, 3.63) is 29.8 Å². The number of nitrogens with one attached hydrogen (secondary N) is 1. The first-order valence-electron chi connectivity index (χ1n) is 4.47. The molecule has 0 radical (unpaired) electrons. The SMILES string of the molecule is CCOC(=O)NCc1ccc(N)cc1. The van der Waals surface area contributed by atoms with Crippen molar-refractivity contribution in [1.29, 1.82) is 0 Å². The molecule has 0 atom stereocenters. The molecule has 0 bridgehead atoms. The fourth-order valence-corrected chi connectivity index (χ4v) is 0.992. The summed E-state index contributed by atoms with van der Waals surface area (Å²) in [7, 11) is 0. The Hall–Kier alpha value is -1.71. The third-order valence-corrected chi connectivity index (χ3v) is 1.69. The van der Waals surface area contributed by atoms with E-state index >= 15 is 0 Å². The third-order valence-electron chi connectivity index (χ3n) is 1.69. The van der Waals surface area contributed by atoms with Crippen molar-refractivity contribution in [2.75, 3.05) is 12.3 Å². The zero-order valence-electron chi connectivity index (χ0n) is 8.12. The van der Waals surface area contributed by atoms with Gasteiger partial charge in [0.25, 0.3) is 0 Å². The summed E-state index contributed by atoms with van der Waals surface area (Å²) in [6.45, 7) is 2.61. The van der Waals surface area contributed by atoms with Gasteiger partial charge in [-0.1, -0.05) is 12.1 Å². The van der Waals surface area contributed by atoms with Gasteiger partial charge in [-0.25, -0.2) is 4.79 Å². The van der Waals surface area contributed by atoms with Gasteiger partial charge in [-0.2, -0.15) is 0 Å². The normalized spacial score (nSPS) is 9.50. The Morgan fingerprint density at radius 3 is 2.64 bits per heavy atom. The fraction of sp³-hybridized carbons (Fsp3) is 0.300. The lowest BCUT2D eigenvalue weighted by atomic mass is 10.2. The smallest absolute Gasteiger partial charge is 0.407 e. The number of benzene rings is 1. The quantitative estimate of drug-likeness (QED) is 0.717. The van der Waals surface area contributed by atoms with E-state index in [-0.39, 0.29) is 0 Å². The first-order chi connectivity index (χ1) is 6.72. The van der Waals surface area contributed by atoms with Gasteiger partial charge in [-0.05, 0) is 24.6 Å². The van der Waals surface area contributed by atoms with Crippen molar-refractivity contribution >= 4 is 11.8 Å². The summed E-state index contributed by atoms with van der Waals surface area (Å²) in [4.78, 5) is 10.9. The predicted molar refractivity (Wildman–Crippen MR) is 54.7 cm³/mol. The second-order valence-electron chi connectivity index (χ2n) is 2.82. The van der Waals surface area contributed by atoms with E-state index in [0.717, 1.165) is 5.56 Å². The molecule has 0 spiro atoms. The number of carbonyl (C=O) groups excluding carboxylic acids is 1. The average Bonchev–Trinajstić information content (AvgIpc) is 2.17. The lowest BCUT2D eigenvalue weighted by molar-refractivity contribution is 0.151. The molecule has 0 unspecified atom stereocenters. The van der Waals surface area contributed by atoms with Crippen LogP contribution in [0.25, 0.3) is 0 Å². The minimum absolute atomic E-state index is 0.383. The molecule has 4 nitrogen and oxygen atoms in total. The molecular formula is C10H14N2O2. The van der Waals surface area contributed by atoms with Crippen LogP contribution >= 0.6 is 0 Å². The van der Waals surface area contributed by atoms with Crippen LogP contribution in [0.15, 0.2) is 24.3 Å². The molecule has 14 heavy (non-hydrogen) atoms. The van der Waals surface area contributed by atoms with Crippen LogP contribution in [0.1, 0.15) is 12.5 Å². The number of carbonyl (C=O) groups is 1. The maximum atomic E-state index is 10.9. The van der Waals surface area contributed by atoms with Crippen LogP contribution in [0.3, 0.4) is 0 Å². The van der Waals surface area contributed by atoms with E-state index < -0.39 is 6.09 Å². The molecule has 0 aliphatic rings. The van der Waals surface area contributed by atoms with Crippen LogP contribution in [0.4, 0.5) is 10.5 Å². The van der Waals surface area contributed by atoms with Crippen LogP contribution < -0.4 is 11.1 Å². The van der Waals surface area contributed by atoms with E-state index in [0.29, 0.717) is 18.8 Å². The second kappa shape index (κ2) is 5.11. The van der Waals surface area contributed by atoms with E-state index in [2.05, 4.69) is 5.32 Å². The van der Waals surface area contributed by atoms with E-state index in [4.69, 9.17) is 10.5 Å². The zero-order valence-corrected chi connectivity index (χ0v) is 8.12. The lowest BCUT2D eigenvalue weighted by Gasteiger charge is -2.05. The maximum Gasteiger partial charge on any atom is 0.407 e. The number of anilines is 1. The van der Waals surface area contributed by atoms with Gasteiger partial charge in [0, 0.05) is 12.2 Å². The monoisotopic (exact) mass is 194 g/mol. The number of alkyl carbamates (subject to hydrolysis) is 1.